The van der Waals surface area contributed by atoms with Crippen LogP contribution >= 0.6 is 11.6 Å². The van der Waals surface area contributed by atoms with Crippen LogP contribution in [0.5, 0.6) is 5.75 Å². The van der Waals surface area contributed by atoms with Crippen molar-refractivity contribution < 1.29 is 14.3 Å². The van der Waals surface area contributed by atoms with Gasteiger partial charge < -0.3 is 9.47 Å². The number of H-pyrrole nitrogens is 1. The number of esters is 1. The SMILES string of the molecule is CCOC(=O)C(=C1CCc2[nH]nc(-c3ccc(Cl)cc3)c2C1)c1ccc(OC)cc1. The summed E-state index contributed by atoms with van der Waals surface area (Å²) in [6.45, 7) is 2.15. The molecule has 1 N–H and O–H groups in total. The minimum Gasteiger partial charge on any atom is -0.497 e. The van der Waals surface area contributed by atoms with Crippen molar-refractivity contribution in [1.82, 2.24) is 10.2 Å². The minimum atomic E-state index is -0.294. The number of methoxy groups -OCH3 is 1. The summed E-state index contributed by atoms with van der Waals surface area (Å²) < 4.78 is 10.7. The lowest BCUT2D eigenvalue weighted by Crippen LogP contribution is -2.14. The molecule has 0 radical (unpaired) electrons. The van der Waals surface area contributed by atoms with Crippen molar-refractivity contribution in [1.29, 1.82) is 0 Å². The lowest BCUT2D eigenvalue weighted by molar-refractivity contribution is -0.136. The standard InChI is InChI=1S/C24H23ClN2O3/c1-3-30-24(28)22(15-6-11-19(29-2)12-7-15)17-8-13-21-20(14-17)23(27-26-21)16-4-9-18(25)10-5-16/h4-7,9-12H,3,8,13-14H2,1-2H3,(H,26,27). The van der Waals surface area contributed by atoms with Gasteiger partial charge in [-0.05, 0) is 56.0 Å². The average molecular weight is 423 g/mol. The van der Waals surface area contributed by atoms with Gasteiger partial charge in [0.1, 0.15) is 5.75 Å². The van der Waals surface area contributed by atoms with E-state index in [1.807, 2.05) is 55.5 Å². The maximum Gasteiger partial charge on any atom is 0.338 e. The lowest BCUT2D eigenvalue weighted by atomic mass is 9.85. The van der Waals surface area contributed by atoms with Gasteiger partial charge in [-0.15, -0.1) is 0 Å². The Morgan fingerprint density at radius 3 is 2.50 bits per heavy atom. The van der Waals surface area contributed by atoms with E-state index < -0.39 is 0 Å². The molecule has 6 heteroatoms. The minimum absolute atomic E-state index is 0.294. The number of carbonyl (C=O) groups is 1. The van der Waals surface area contributed by atoms with Crippen molar-refractivity contribution in [2.24, 2.45) is 0 Å². The fourth-order valence-electron chi connectivity index (χ4n) is 3.86. The van der Waals surface area contributed by atoms with E-state index in [9.17, 15) is 4.79 Å². The fraction of sp³-hybridized carbons (Fsp3) is 0.250. The number of aromatic amines is 1. The average Bonchev–Trinajstić information content (AvgIpc) is 3.18. The molecular formula is C24H23ClN2O3. The molecule has 0 unspecified atom stereocenters. The van der Waals surface area contributed by atoms with Gasteiger partial charge in [0, 0.05) is 21.8 Å². The highest BCUT2D eigenvalue weighted by Gasteiger charge is 2.26. The Balaban J connectivity index is 1.76. The molecule has 0 saturated carbocycles. The van der Waals surface area contributed by atoms with Crippen LogP contribution in [0.1, 0.15) is 30.2 Å². The van der Waals surface area contributed by atoms with E-state index in [4.69, 9.17) is 21.1 Å². The zero-order valence-electron chi connectivity index (χ0n) is 17.0. The zero-order valence-corrected chi connectivity index (χ0v) is 17.8. The highest BCUT2D eigenvalue weighted by atomic mass is 35.5. The van der Waals surface area contributed by atoms with Crippen molar-refractivity contribution >= 4 is 23.1 Å². The summed E-state index contributed by atoms with van der Waals surface area (Å²) in [6, 6.07) is 15.2. The second-order valence-electron chi connectivity index (χ2n) is 7.14. The monoisotopic (exact) mass is 422 g/mol. The smallest absolute Gasteiger partial charge is 0.338 e. The zero-order chi connectivity index (χ0) is 21.1. The first kappa shape index (κ1) is 20.2. The van der Waals surface area contributed by atoms with Crippen LogP contribution in [0.15, 0.2) is 54.1 Å². The Kier molecular flexibility index (Phi) is 5.91. The first-order valence-corrected chi connectivity index (χ1v) is 10.3. The lowest BCUT2D eigenvalue weighted by Gasteiger charge is -2.20. The molecular weight excluding hydrogens is 400 g/mol. The van der Waals surface area contributed by atoms with Gasteiger partial charge in [0.15, 0.2) is 0 Å². The topological polar surface area (TPSA) is 64.2 Å². The third kappa shape index (κ3) is 3.98. The number of benzene rings is 2. The number of aryl methyl sites for hydroxylation is 1. The Bertz CT molecular complexity index is 1080. The van der Waals surface area contributed by atoms with Crippen LogP contribution in [0.25, 0.3) is 16.8 Å². The molecule has 0 fully saturated rings. The predicted molar refractivity (Wildman–Crippen MR) is 118 cm³/mol. The van der Waals surface area contributed by atoms with Crippen LogP contribution in [-0.2, 0) is 22.4 Å². The van der Waals surface area contributed by atoms with Crippen LogP contribution in [0.3, 0.4) is 0 Å². The fourth-order valence-corrected chi connectivity index (χ4v) is 3.99. The summed E-state index contributed by atoms with van der Waals surface area (Å²) in [7, 11) is 1.62. The Hall–Kier alpha value is -3.05. The van der Waals surface area contributed by atoms with E-state index in [-0.39, 0.29) is 5.97 Å². The molecule has 3 aromatic rings. The van der Waals surface area contributed by atoms with Crippen molar-refractivity contribution in [2.75, 3.05) is 13.7 Å². The number of ether oxygens (including phenoxy) is 2. The molecule has 1 aliphatic carbocycles. The molecule has 0 amide bonds. The number of nitrogens with one attached hydrogen (secondary N) is 1. The second kappa shape index (κ2) is 8.76. The van der Waals surface area contributed by atoms with E-state index in [0.717, 1.165) is 52.2 Å². The molecule has 30 heavy (non-hydrogen) atoms. The van der Waals surface area contributed by atoms with Crippen molar-refractivity contribution in [2.45, 2.75) is 26.2 Å². The molecule has 0 spiro atoms. The molecule has 4 rings (SSSR count). The number of aromatic nitrogens is 2. The third-order valence-corrected chi connectivity index (χ3v) is 5.60. The van der Waals surface area contributed by atoms with Gasteiger partial charge in [0.05, 0.1) is 25.0 Å². The quantitative estimate of drug-likeness (QED) is 0.451. The summed E-state index contributed by atoms with van der Waals surface area (Å²) in [6.07, 6.45) is 2.21. The normalized spacial score (nSPS) is 14.8. The molecule has 2 aromatic carbocycles. The molecule has 1 aliphatic rings. The first-order valence-electron chi connectivity index (χ1n) is 9.96. The van der Waals surface area contributed by atoms with Crippen molar-refractivity contribution in [3.8, 4) is 17.0 Å². The van der Waals surface area contributed by atoms with Gasteiger partial charge in [-0.25, -0.2) is 4.79 Å². The van der Waals surface area contributed by atoms with Crippen LogP contribution in [0.2, 0.25) is 5.02 Å². The van der Waals surface area contributed by atoms with E-state index in [2.05, 4.69) is 10.2 Å². The predicted octanol–water partition coefficient (Wildman–Crippen LogP) is 5.24. The van der Waals surface area contributed by atoms with Gasteiger partial charge in [-0.3, -0.25) is 5.10 Å². The van der Waals surface area contributed by atoms with Crippen molar-refractivity contribution in [3.05, 3.63) is 75.9 Å². The van der Waals surface area contributed by atoms with Gasteiger partial charge in [-0.2, -0.15) is 5.10 Å². The highest BCUT2D eigenvalue weighted by Crippen LogP contribution is 2.36. The third-order valence-electron chi connectivity index (χ3n) is 5.35. The summed E-state index contributed by atoms with van der Waals surface area (Å²) >= 11 is 6.04. The van der Waals surface area contributed by atoms with Gasteiger partial charge >= 0.3 is 5.97 Å². The second-order valence-corrected chi connectivity index (χ2v) is 7.58. The number of fused-ring (bicyclic) bond motifs is 1. The van der Waals surface area contributed by atoms with Gasteiger partial charge in [0.25, 0.3) is 0 Å². The number of nitrogens with zero attached hydrogens (tertiary/aromatic N) is 1. The number of rotatable bonds is 5. The number of allylic oxidation sites excluding steroid dienone is 1. The number of hydrogen-bond donors (Lipinski definition) is 1. The summed E-state index contributed by atoms with van der Waals surface area (Å²) in [5.74, 6) is 0.454. The summed E-state index contributed by atoms with van der Waals surface area (Å²) in [5.41, 5.74) is 6.66. The Labute approximate surface area is 180 Å². The summed E-state index contributed by atoms with van der Waals surface area (Å²) in [5, 5.41) is 8.40. The Morgan fingerprint density at radius 2 is 1.83 bits per heavy atom. The van der Waals surface area contributed by atoms with E-state index in [1.54, 1.807) is 7.11 Å². The summed E-state index contributed by atoms with van der Waals surface area (Å²) in [4.78, 5) is 12.9. The molecule has 0 aliphatic heterocycles. The van der Waals surface area contributed by atoms with Gasteiger partial charge in [0.2, 0.25) is 0 Å². The number of halogens is 1. The molecule has 5 nitrogen and oxygen atoms in total. The molecule has 154 valence electrons. The van der Waals surface area contributed by atoms with Crippen LogP contribution in [0.4, 0.5) is 0 Å². The molecule has 1 heterocycles. The largest absolute Gasteiger partial charge is 0.497 e. The van der Waals surface area contributed by atoms with E-state index in [0.29, 0.717) is 23.6 Å². The first-order chi connectivity index (χ1) is 14.6. The highest BCUT2D eigenvalue weighted by molar-refractivity contribution is 6.30. The van der Waals surface area contributed by atoms with Gasteiger partial charge in [-0.1, -0.05) is 41.4 Å². The van der Waals surface area contributed by atoms with Crippen LogP contribution in [-0.4, -0.2) is 29.9 Å². The maximum absolute atomic E-state index is 12.9. The van der Waals surface area contributed by atoms with E-state index in [1.165, 1.54) is 0 Å². The number of carbonyl (C=O) groups excluding carboxylic acids is 1. The number of hydrogen-bond acceptors (Lipinski definition) is 4. The Morgan fingerprint density at radius 1 is 1.10 bits per heavy atom. The van der Waals surface area contributed by atoms with E-state index >= 15 is 0 Å². The molecule has 1 aromatic heterocycles. The van der Waals surface area contributed by atoms with Crippen molar-refractivity contribution in [3.63, 3.8) is 0 Å². The molecule has 0 bridgehead atoms. The molecule has 0 atom stereocenters. The molecule has 0 saturated heterocycles. The van der Waals surface area contributed by atoms with Crippen LogP contribution < -0.4 is 4.74 Å². The maximum atomic E-state index is 12.9. The van der Waals surface area contributed by atoms with Crippen LogP contribution in [0, 0.1) is 0 Å².